The van der Waals surface area contributed by atoms with E-state index in [0.717, 1.165) is 4.31 Å². The first-order valence-corrected chi connectivity index (χ1v) is 6.42. The van der Waals surface area contributed by atoms with Gasteiger partial charge < -0.3 is 5.11 Å². The molecule has 17 heavy (non-hydrogen) atoms. The van der Waals surface area contributed by atoms with Crippen molar-refractivity contribution >= 4 is 27.6 Å². The number of aromatic carboxylic acids is 1. The Labute approximate surface area is 97.5 Å². The van der Waals surface area contributed by atoms with Crippen LogP contribution in [0.25, 0.3) is 0 Å². The molecule has 1 aromatic rings. The minimum absolute atomic E-state index is 0.0387. The van der Waals surface area contributed by atoms with Crippen LogP contribution in [0.2, 0.25) is 0 Å². The van der Waals surface area contributed by atoms with Gasteiger partial charge in [-0.15, -0.1) is 0 Å². The number of carboxylic acid groups (broad SMARTS) is 1. The molecule has 1 heterocycles. The van der Waals surface area contributed by atoms with Gasteiger partial charge in [-0.2, -0.15) is 0 Å². The molecule has 0 aliphatic carbocycles. The highest BCUT2D eigenvalue weighted by atomic mass is 32.2. The molecular formula is C10H9NO5S. The molecule has 1 saturated heterocycles. The highest BCUT2D eigenvalue weighted by Crippen LogP contribution is 2.25. The number of carboxylic acids is 1. The Bertz CT molecular complexity index is 575. The van der Waals surface area contributed by atoms with Gasteiger partial charge in [-0.1, -0.05) is 0 Å². The van der Waals surface area contributed by atoms with Crippen LogP contribution in [0.3, 0.4) is 0 Å². The van der Waals surface area contributed by atoms with E-state index in [4.69, 9.17) is 5.11 Å². The molecule has 0 radical (unpaired) electrons. The summed E-state index contributed by atoms with van der Waals surface area (Å²) in [6.45, 7) is 0. The van der Waals surface area contributed by atoms with Gasteiger partial charge >= 0.3 is 5.97 Å². The predicted octanol–water partition coefficient (Wildman–Crippen LogP) is 0.451. The Kier molecular flexibility index (Phi) is 2.62. The van der Waals surface area contributed by atoms with Gasteiger partial charge in [-0.3, -0.25) is 4.79 Å². The molecule has 0 aromatic heterocycles. The van der Waals surface area contributed by atoms with E-state index >= 15 is 0 Å². The highest BCUT2D eigenvalue weighted by Gasteiger charge is 2.36. The topological polar surface area (TPSA) is 91.8 Å². The van der Waals surface area contributed by atoms with E-state index in [-0.39, 0.29) is 23.4 Å². The van der Waals surface area contributed by atoms with Gasteiger partial charge in [-0.05, 0) is 24.3 Å². The maximum atomic E-state index is 11.6. The SMILES string of the molecule is O=C(O)c1ccc(N2C(=O)CCS2(=O)=O)cc1. The lowest BCUT2D eigenvalue weighted by Crippen LogP contribution is -2.29. The van der Waals surface area contributed by atoms with Gasteiger partial charge in [0.25, 0.3) is 0 Å². The molecule has 1 aliphatic heterocycles. The molecule has 1 aliphatic rings. The average molecular weight is 255 g/mol. The molecule has 0 saturated carbocycles. The monoisotopic (exact) mass is 255 g/mol. The van der Waals surface area contributed by atoms with Gasteiger partial charge in [-0.25, -0.2) is 17.5 Å². The molecule has 6 nitrogen and oxygen atoms in total. The van der Waals surface area contributed by atoms with E-state index in [1.54, 1.807) is 0 Å². The lowest BCUT2D eigenvalue weighted by atomic mass is 10.2. The molecule has 7 heteroatoms. The van der Waals surface area contributed by atoms with Gasteiger partial charge in [0.05, 0.1) is 17.0 Å². The van der Waals surface area contributed by atoms with Crippen molar-refractivity contribution in [3.05, 3.63) is 29.8 Å². The van der Waals surface area contributed by atoms with Crippen molar-refractivity contribution in [1.29, 1.82) is 0 Å². The van der Waals surface area contributed by atoms with Crippen LogP contribution in [-0.2, 0) is 14.8 Å². The van der Waals surface area contributed by atoms with E-state index in [1.165, 1.54) is 24.3 Å². The summed E-state index contributed by atoms with van der Waals surface area (Å²) in [5, 5.41) is 8.70. The summed E-state index contributed by atoms with van der Waals surface area (Å²) in [6.07, 6.45) is -0.0387. The third-order valence-electron chi connectivity index (χ3n) is 2.43. The molecule has 1 N–H and O–H groups in total. The van der Waals surface area contributed by atoms with Crippen molar-refractivity contribution in [3.8, 4) is 0 Å². The summed E-state index contributed by atoms with van der Waals surface area (Å²) in [7, 11) is -3.59. The zero-order valence-electron chi connectivity index (χ0n) is 8.66. The maximum absolute atomic E-state index is 11.6. The fraction of sp³-hybridized carbons (Fsp3) is 0.200. The van der Waals surface area contributed by atoms with Crippen LogP contribution in [0.5, 0.6) is 0 Å². The summed E-state index contributed by atoms with van der Waals surface area (Å²) in [6, 6.07) is 5.14. The number of anilines is 1. The first-order valence-electron chi connectivity index (χ1n) is 4.81. The standard InChI is InChI=1S/C10H9NO5S/c12-9-5-6-17(15,16)11(9)8-3-1-7(2-4-8)10(13)14/h1-4H,5-6H2,(H,13,14). The van der Waals surface area contributed by atoms with Crippen molar-refractivity contribution in [3.63, 3.8) is 0 Å². The van der Waals surface area contributed by atoms with Crippen LogP contribution in [0.1, 0.15) is 16.8 Å². The van der Waals surface area contributed by atoms with Gasteiger partial charge in [0.15, 0.2) is 0 Å². The first kappa shape index (κ1) is 11.6. The maximum Gasteiger partial charge on any atom is 0.335 e. The number of hydrogen-bond donors (Lipinski definition) is 1. The fourth-order valence-corrected chi connectivity index (χ4v) is 3.07. The minimum atomic E-state index is -3.59. The molecule has 0 spiro atoms. The molecule has 1 fully saturated rings. The van der Waals surface area contributed by atoms with Gasteiger partial charge in [0.1, 0.15) is 0 Å². The van der Waals surface area contributed by atoms with E-state index in [1.807, 2.05) is 0 Å². The lowest BCUT2D eigenvalue weighted by molar-refractivity contribution is -0.116. The largest absolute Gasteiger partial charge is 0.478 e. The zero-order valence-corrected chi connectivity index (χ0v) is 9.48. The Hall–Kier alpha value is -1.89. The summed E-state index contributed by atoms with van der Waals surface area (Å²) < 4.78 is 23.9. The van der Waals surface area contributed by atoms with Crippen LogP contribution in [0, 0.1) is 0 Å². The minimum Gasteiger partial charge on any atom is -0.478 e. The molecule has 0 atom stereocenters. The van der Waals surface area contributed by atoms with Gasteiger partial charge in [0, 0.05) is 6.42 Å². The number of sulfonamides is 1. The molecule has 1 amide bonds. The van der Waals surface area contributed by atoms with Crippen molar-refractivity contribution in [2.75, 3.05) is 10.1 Å². The first-order chi connectivity index (χ1) is 7.92. The zero-order chi connectivity index (χ0) is 12.6. The Morgan fingerprint density at radius 1 is 1.24 bits per heavy atom. The molecule has 2 rings (SSSR count). The number of hydrogen-bond acceptors (Lipinski definition) is 4. The number of rotatable bonds is 2. The summed E-state index contributed by atoms with van der Waals surface area (Å²) >= 11 is 0. The molecule has 0 unspecified atom stereocenters. The van der Waals surface area contributed by atoms with Crippen molar-refractivity contribution in [2.45, 2.75) is 6.42 Å². The second kappa shape index (κ2) is 3.85. The normalized spacial score (nSPS) is 18.4. The average Bonchev–Trinajstić information content (AvgIpc) is 2.53. The summed E-state index contributed by atoms with van der Waals surface area (Å²) in [5.74, 6) is -1.80. The molecular weight excluding hydrogens is 246 g/mol. The lowest BCUT2D eigenvalue weighted by Gasteiger charge is -2.14. The van der Waals surface area contributed by atoms with E-state index in [2.05, 4.69) is 0 Å². The Morgan fingerprint density at radius 3 is 2.24 bits per heavy atom. The summed E-state index contributed by atoms with van der Waals surface area (Å²) in [5.41, 5.74) is 0.218. The van der Waals surface area contributed by atoms with E-state index in [9.17, 15) is 18.0 Å². The smallest absolute Gasteiger partial charge is 0.335 e. The quantitative estimate of drug-likeness (QED) is 0.828. The fourth-order valence-electron chi connectivity index (χ4n) is 1.61. The second-order valence-corrected chi connectivity index (χ2v) is 5.51. The van der Waals surface area contributed by atoms with Crippen LogP contribution >= 0.6 is 0 Å². The molecule has 90 valence electrons. The molecule has 1 aromatic carbocycles. The molecule has 0 bridgehead atoms. The van der Waals surface area contributed by atoms with E-state index < -0.39 is 21.9 Å². The van der Waals surface area contributed by atoms with Crippen molar-refractivity contribution in [1.82, 2.24) is 0 Å². The van der Waals surface area contributed by atoms with Crippen LogP contribution in [0.15, 0.2) is 24.3 Å². The van der Waals surface area contributed by atoms with Crippen molar-refractivity contribution in [2.24, 2.45) is 0 Å². The third kappa shape index (κ3) is 2.01. The number of amides is 1. The number of nitrogens with zero attached hydrogens (tertiary/aromatic N) is 1. The van der Waals surface area contributed by atoms with Crippen LogP contribution < -0.4 is 4.31 Å². The second-order valence-electron chi connectivity index (χ2n) is 3.58. The van der Waals surface area contributed by atoms with Crippen LogP contribution in [0.4, 0.5) is 5.69 Å². The van der Waals surface area contributed by atoms with Gasteiger partial charge in [0.2, 0.25) is 15.9 Å². The van der Waals surface area contributed by atoms with Crippen molar-refractivity contribution < 1.29 is 23.1 Å². The Morgan fingerprint density at radius 2 is 1.82 bits per heavy atom. The predicted molar refractivity (Wildman–Crippen MR) is 59.3 cm³/mol. The Balaban J connectivity index is 2.41. The highest BCUT2D eigenvalue weighted by molar-refractivity contribution is 7.94. The number of benzene rings is 1. The van der Waals surface area contributed by atoms with Crippen LogP contribution in [-0.4, -0.2) is 31.2 Å². The number of carbonyl (C=O) groups is 2. The summed E-state index contributed by atoms with van der Waals surface area (Å²) in [4.78, 5) is 22.1. The third-order valence-corrected chi connectivity index (χ3v) is 4.12. The van der Waals surface area contributed by atoms with E-state index in [0.29, 0.717) is 0 Å². The number of carbonyl (C=O) groups excluding carboxylic acids is 1.